The number of nitrogens with one attached hydrogen (secondary N) is 1. The molecule has 0 radical (unpaired) electrons. The predicted octanol–water partition coefficient (Wildman–Crippen LogP) is 3.99. The topological polar surface area (TPSA) is 109 Å². The van der Waals surface area contributed by atoms with Gasteiger partial charge < -0.3 is 15.0 Å². The first kappa shape index (κ1) is 22.0. The molecule has 166 valence electrons. The van der Waals surface area contributed by atoms with E-state index in [1.165, 1.54) is 36.4 Å². The van der Waals surface area contributed by atoms with Gasteiger partial charge in [0.25, 0.3) is 11.1 Å². The monoisotopic (exact) mass is 465 g/mol. The number of anilines is 1. The van der Waals surface area contributed by atoms with E-state index >= 15 is 0 Å². The van der Waals surface area contributed by atoms with Crippen molar-refractivity contribution < 1.29 is 28.7 Å². The zero-order valence-electron chi connectivity index (χ0n) is 16.9. The van der Waals surface area contributed by atoms with Crippen LogP contribution in [0.15, 0.2) is 71.8 Å². The lowest BCUT2D eigenvalue weighted by molar-refractivity contribution is -0.127. The number of hydrogen-bond acceptors (Lipinski definition) is 5. The first-order valence-electron chi connectivity index (χ1n) is 9.64. The number of carbonyl (C=O) groups is 4. The Morgan fingerprint density at radius 3 is 2.61 bits per heavy atom. The molecule has 3 amide bonds. The molecule has 3 aromatic rings. The second-order valence-electron chi connectivity index (χ2n) is 6.98. The third-order valence-corrected chi connectivity index (χ3v) is 5.62. The highest BCUT2D eigenvalue weighted by Crippen LogP contribution is 2.32. The zero-order valence-corrected chi connectivity index (χ0v) is 17.7. The van der Waals surface area contributed by atoms with Crippen LogP contribution in [0.2, 0.25) is 0 Å². The largest absolute Gasteiger partial charge is 0.478 e. The third-order valence-electron chi connectivity index (χ3n) is 4.71. The number of rotatable bonds is 6. The summed E-state index contributed by atoms with van der Waals surface area (Å²) in [7, 11) is 0. The minimum Gasteiger partial charge on any atom is -0.478 e. The van der Waals surface area contributed by atoms with Gasteiger partial charge in [0.2, 0.25) is 5.91 Å². The number of aromatic nitrogens is 1. The number of halogens is 1. The van der Waals surface area contributed by atoms with Crippen molar-refractivity contribution in [3.63, 3.8) is 0 Å². The summed E-state index contributed by atoms with van der Waals surface area (Å²) < 4.78 is 15.0. The number of imide groups is 1. The number of carboxylic acids is 1. The van der Waals surface area contributed by atoms with Gasteiger partial charge in [-0.2, -0.15) is 0 Å². The van der Waals surface area contributed by atoms with Crippen LogP contribution < -0.4 is 5.32 Å². The number of hydrogen-bond donors (Lipinski definition) is 2. The van der Waals surface area contributed by atoms with E-state index in [0.29, 0.717) is 23.1 Å². The summed E-state index contributed by atoms with van der Waals surface area (Å²) in [5.74, 6) is -2.87. The van der Waals surface area contributed by atoms with E-state index in [2.05, 4.69) is 5.32 Å². The number of aromatic carboxylic acids is 1. The number of carboxylic acid groups (broad SMARTS) is 1. The van der Waals surface area contributed by atoms with E-state index in [9.17, 15) is 28.7 Å². The summed E-state index contributed by atoms with van der Waals surface area (Å²) >= 11 is 0.694. The van der Waals surface area contributed by atoms with E-state index in [4.69, 9.17) is 0 Å². The van der Waals surface area contributed by atoms with Crippen molar-refractivity contribution in [1.82, 2.24) is 9.47 Å². The Labute approximate surface area is 191 Å². The highest BCUT2D eigenvalue weighted by molar-refractivity contribution is 8.18. The van der Waals surface area contributed by atoms with Crippen LogP contribution >= 0.6 is 11.8 Å². The van der Waals surface area contributed by atoms with Gasteiger partial charge in [0.1, 0.15) is 12.4 Å². The molecule has 2 N–H and O–H groups in total. The van der Waals surface area contributed by atoms with Gasteiger partial charge in [-0.25, -0.2) is 9.18 Å². The van der Waals surface area contributed by atoms with E-state index in [1.54, 1.807) is 35.0 Å². The molecule has 0 unspecified atom stereocenters. The van der Waals surface area contributed by atoms with Gasteiger partial charge in [0, 0.05) is 23.3 Å². The molecule has 1 aliphatic rings. The van der Waals surface area contributed by atoms with Crippen LogP contribution in [0.25, 0.3) is 11.8 Å². The lowest BCUT2D eigenvalue weighted by atomic mass is 10.2. The summed E-state index contributed by atoms with van der Waals surface area (Å²) in [6.45, 7) is -0.514. The molecule has 0 bridgehead atoms. The normalized spacial score (nSPS) is 14.7. The van der Waals surface area contributed by atoms with Crippen LogP contribution in [-0.4, -0.2) is 44.1 Å². The number of nitrogens with zero attached hydrogens (tertiary/aromatic N) is 2. The Balaban J connectivity index is 1.52. The van der Waals surface area contributed by atoms with Crippen LogP contribution in [0.5, 0.6) is 0 Å². The minimum atomic E-state index is -1.07. The molecule has 2 aromatic carbocycles. The number of benzene rings is 2. The molecule has 33 heavy (non-hydrogen) atoms. The third kappa shape index (κ3) is 4.85. The first-order valence-corrected chi connectivity index (χ1v) is 10.5. The van der Waals surface area contributed by atoms with Crippen molar-refractivity contribution in [2.75, 3.05) is 11.9 Å². The average Bonchev–Trinajstić information content (AvgIpc) is 3.34. The SMILES string of the molecule is O=C(CN1C(=O)S/C(=C/c2cccn2-c2cccc(C(=O)O)c2)C1=O)Nc1cccc(F)c1. The fourth-order valence-corrected chi connectivity index (χ4v) is 4.04. The van der Waals surface area contributed by atoms with Crippen molar-refractivity contribution >= 4 is 46.5 Å². The molecular formula is C23H16FN3O5S. The van der Waals surface area contributed by atoms with Gasteiger partial charge in [0.15, 0.2) is 0 Å². The smallest absolute Gasteiger partial charge is 0.335 e. The lowest BCUT2D eigenvalue weighted by Gasteiger charge is -2.12. The summed E-state index contributed by atoms with van der Waals surface area (Å²) in [5, 5.41) is 11.1. The van der Waals surface area contributed by atoms with E-state index in [0.717, 1.165) is 11.0 Å². The maximum Gasteiger partial charge on any atom is 0.335 e. The molecule has 0 atom stereocenters. The van der Waals surface area contributed by atoms with Crippen molar-refractivity contribution in [3.05, 3.63) is 88.8 Å². The average molecular weight is 465 g/mol. The molecule has 0 spiro atoms. The Hall–Kier alpha value is -4.18. The van der Waals surface area contributed by atoms with Crippen LogP contribution in [0.4, 0.5) is 14.9 Å². The molecule has 8 nitrogen and oxygen atoms in total. The molecule has 10 heteroatoms. The molecule has 1 aliphatic heterocycles. The van der Waals surface area contributed by atoms with Crippen molar-refractivity contribution in [2.24, 2.45) is 0 Å². The second-order valence-corrected chi connectivity index (χ2v) is 7.98. The number of thioether (sulfide) groups is 1. The summed E-state index contributed by atoms with van der Waals surface area (Å²) in [4.78, 5) is 49.6. The fraction of sp³-hybridized carbons (Fsp3) is 0.0435. The van der Waals surface area contributed by atoms with E-state index in [1.807, 2.05) is 0 Å². The van der Waals surface area contributed by atoms with Crippen LogP contribution in [0.3, 0.4) is 0 Å². The number of carbonyl (C=O) groups excluding carboxylic acids is 3. The summed E-state index contributed by atoms with van der Waals surface area (Å²) in [5.41, 5.74) is 1.44. The van der Waals surface area contributed by atoms with E-state index < -0.39 is 35.4 Å². The molecule has 4 rings (SSSR count). The maximum absolute atomic E-state index is 13.3. The van der Waals surface area contributed by atoms with Crippen LogP contribution in [0, 0.1) is 5.82 Å². The van der Waals surface area contributed by atoms with Gasteiger partial charge >= 0.3 is 5.97 Å². The summed E-state index contributed by atoms with van der Waals surface area (Å²) in [6.07, 6.45) is 3.20. The summed E-state index contributed by atoms with van der Waals surface area (Å²) in [6, 6.07) is 15.0. The Kier molecular flexibility index (Phi) is 6.09. The second kappa shape index (κ2) is 9.13. The highest BCUT2D eigenvalue weighted by Gasteiger charge is 2.36. The van der Waals surface area contributed by atoms with Crippen LogP contribution in [-0.2, 0) is 9.59 Å². The Morgan fingerprint density at radius 2 is 1.85 bits per heavy atom. The number of amides is 3. The fourth-order valence-electron chi connectivity index (χ4n) is 3.22. The maximum atomic E-state index is 13.3. The molecule has 2 heterocycles. The van der Waals surface area contributed by atoms with Crippen molar-refractivity contribution in [1.29, 1.82) is 0 Å². The van der Waals surface area contributed by atoms with Gasteiger partial charge in [-0.05, 0) is 66.4 Å². The van der Waals surface area contributed by atoms with Gasteiger partial charge in [0.05, 0.1) is 10.5 Å². The molecule has 1 saturated heterocycles. The molecular weight excluding hydrogens is 449 g/mol. The molecule has 1 fully saturated rings. The predicted molar refractivity (Wildman–Crippen MR) is 120 cm³/mol. The Morgan fingerprint density at radius 1 is 1.06 bits per heavy atom. The standard InChI is InChI=1S/C23H16FN3O5S/c24-15-5-2-6-16(11-15)25-20(28)13-27-21(29)19(33-23(27)32)12-18-8-3-9-26(18)17-7-1-4-14(10-17)22(30)31/h1-12H,13H2,(H,25,28)(H,30,31)/b19-12+. The minimum absolute atomic E-state index is 0.108. The molecule has 1 aromatic heterocycles. The van der Waals surface area contributed by atoms with Crippen molar-refractivity contribution in [2.45, 2.75) is 0 Å². The van der Waals surface area contributed by atoms with Gasteiger partial charge in [-0.15, -0.1) is 0 Å². The highest BCUT2D eigenvalue weighted by atomic mass is 32.2. The van der Waals surface area contributed by atoms with E-state index in [-0.39, 0.29) is 16.2 Å². The van der Waals surface area contributed by atoms with Gasteiger partial charge in [-0.3, -0.25) is 19.3 Å². The first-order chi connectivity index (χ1) is 15.8. The zero-order chi connectivity index (χ0) is 23.5. The molecule has 0 aliphatic carbocycles. The lowest BCUT2D eigenvalue weighted by Crippen LogP contribution is -2.36. The molecule has 0 saturated carbocycles. The quantitative estimate of drug-likeness (QED) is 0.533. The van der Waals surface area contributed by atoms with Gasteiger partial charge in [-0.1, -0.05) is 12.1 Å². The van der Waals surface area contributed by atoms with Crippen LogP contribution in [0.1, 0.15) is 16.1 Å². The Bertz CT molecular complexity index is 1320. The van der Waals surface area contributed by atoms with Crippen molar-refractivity contribution in [3.8, 4) is 5.69 Å².